The zero-order valence-corrected chi connectivity index (χ0v) is 45.6. The molecule has 64 heavy (non-hydrogen) atoms. The second-order valence-electron chi connectivity index (χ2n) is 20.9. The van der Waals surface area contributed by atoms with Gasteiger partial charge in [-0.2, -0.15) is 0 Å². The van der Waals surface area contributed by atoms with Crippen molar-refractivity contribution >= 4 is 147 Å². The van der Waals surface area contributed by atoms with Gasteiger partial charge in [0.2, 0.25) is 10.2 Å². The van der Waals surface area contributed by atoms with E-state index in [1.54, 1.807) is 70.6 Å². The normalized spacial score (nSPS) is 39.3. The van der Waals surface area contributed by atoms with Gasteiger partial charge in [0, 0.05) is 46.0 Å². The van der Waals surface area contributed by atoms with Crippen molar-refractivity contribution in [2.75, 3.05) is 46.0 Å². The maximum absolute atomic E-state index is 14.3. The molecule has 7 heterocycles. The molecule has 7 aliphatic rings. The van der Waals surface area contributed by atoms with E-state index in [1.165, 1.54) is 0 Å². The van der Waals surface area contributed by atoms with Gasteiger partial charge in [-0.05, 0) is 96.9 Å². The van der Waals surface area contributed by atoms with Crippen molar-refractivity contribution in [2.45, 2.75) is 152 Å². The van der Waals surface area contributed by atoms with Gasteiger partial charge in [-0.15, -0.1) is 70.6 Å². The van der Waals surface area contributed by atoms with Crippen LogP contribution in [0.25, 0.3) is 0 Å². The monoisotopic (exact) mass is 1030 g/mol. The van der Waals surface area contributed by atoms with Crippen molar-refractivity contribution in [3.8, 4) is 0 Å². The summed E-state index contributed by atoms with van der Waals surface area (Å²) in [6.45, 7) is 26.7. The number of rotatable bonds is 2. The van der Waals surface area contributed by atoms with Gasteiger partial charge in [0.05, 0.1) is 41.3 Å². The van der Waals surface area contributed by atoms with E-state index in [1.807, 2.05) is 69.2 Å². The summed E-state index contributed by atoms with van der Waals surface area (Å²) in [4.78, 5) is 87.0. The third-order valence-corrected chi connectivity index (χ3v) is 23.2. The topological polar surface area (TPSA) is 185 Å². The van der Waals surface area contributed by atoms with Crippen LogP contribution in [-0.2, 0) is 19.1 Å². The molecule has 0 radical (unpaired) electrons. The first kappa shape index (κ1) is 50.6. The zero-order chi connectivity index (χ0) is 47.2. The molecule has 0 aromatic rings. The van der Waals surface area contributed by atoms with Crippen LogP contribution < -0.4 is 10.6 Å². The maximum Gasteiger partial charge on any atom is 0.408 e. The molecule has 22 heteroatoms. The van der Waals surface area contributed by atoms with Gasteiger partial charge >= 0.3 is 12.2 Å². The van der Waals surface area contributed by atoms with Gasteiger partial charge in [-0.1, -0.05) is 23.5 Å². The fraction of sp³-hybridized carbons (Fsp3) is 0.762. The predicted octanol–water partition coefficient (Wildman–Crippen LogP) is 8.51. The molecule has 8 atom stereocenters. The summed E-state index contributed by atoms with van der Waals surface area (Å²) in [5.74, 6) is 3.77. The molecular weight excluding hydrogens is 969 g/mol. The van der Waals surface area contributed by atoms with Gasteiger partial charge in [0.25, 0.3) is 0 Å². The summed E-state index contributed by atoms with van der Waals surface area (Å²) in [7, 11) is 0. The number of carbonyl (C=O) groups is 4. The van der Waals surface area contributed by atoms with Gasteiger partial charge in [0.15, 0.2) is 0 Å². The molecule has 0 unspecified atom stereocenters. The molecule has 14 nitrogen and oxygen atoms in total. The molecule has 0 aliphatic carbocycles. The fourth-order valence-electron chi connectivity index (χ4n) is 7.39. The Kier molecular flexibility index (Phi) is 13.7. The highest BCUT2D eigenvalue weighted by atomic mass is 32.2. The Bertz CT molecular complexity index is 2070. The van der Waals surface area contributed by atoms with Crippen LogP contribution in [0.1, 0.15) is 96.9 Å². The number of nitrogens with zero attached hydrogens (tertiary/aromatic N) is 6. The van der Waals surface area contributed by atoms with Crippen LogP contribution in [-0.4, -0.2) is 154 Å². The van der Waals surface area contributed by atoms with Crippen molar-refractivity contribution in [2.24, 2.45) is 30.0 Å². The number of aliphatic imine (C=N–C) groups is 6. The summed E-state index contributed by atoms with van der Waals surface area (Å²) >= 11 is 11.8. The Balaban J connectivity index is 1.28. The number of thioether (sulfide) groups is 8. The zero-order valence-electron chi connectivity index (χ0n) is 39.1. The molecule has 0 saturated heterocycles. The molecule has 0 aromatic carbocycles. The molecule has 2 N–H and O–H groups in total. The lowest BCUT2D eigenvalue weighted by Crippen LogP contribution is -2.54. The highest BCUT2D eigenvalue weighted by molar-refractivity contribution is 8.18. The number of nitrogens with one attached hydrogen (secondary N) is 2. The minimum Gasteiger partial charge on any atom is -0.444 e. The molecule has 0 saturated carbocycles. The molecule has 12 bridgehead atoms. The van der Waals surface area contributed by atoms with E-state index in [0.29, 0.717) is 44.6 Å². The number of fused-ring (bicyclic) bond motifs is 10. The number of amides is 2. The largest absolute Gasteiger partial charge is 0.444 e. The van der Waals surface area contributed by atoms with E-state index in [2.05, 4.69) is 38.3 Å². The van der Waals surface area contributed by atoms with Gasteiger partial charge in [-0.3, -0.25) is 39.5 Å². The molecule has 352 valence electrons. The van der Waals surface area contributed by atoms with Crippen LogP contribution in [0.5, 0.6) is 0 Å². The Hall–Kier alpha value is -1.30. The highest BCUT2D eigenvalue weighted by Crippen LogP contribution is 2.48. The van der Waals surface area contributed by atoms with Crippen LogP contribution in [0.2, 0.25) is 0 Å². The van der Waals surface area contributed by atoms with Crippen molar-refractivity contribution < 1.29 is 28.7 Å². The SMILES string of the molecule is CC(C)(C)OC(=O)N[C@@]1(C)CSC(=O)[C@]2(C)CSC(=N2)[C@]2(C)CSC(=N2)[C@]2(C)CSC(=N2)[C@@](C)(NC(=O)OC(C)(C)C)CSC(=O)[C@]2(C)CSC(=N2)[C@]2(C)CSC(=N2)[C@]2(C)CSC1=N2. The van der Waals surface area contributed by atoms with Crippen molar-refractivity contribution in [1.29, 1.82) is 0 Å². The average Bonchev–Trinajstić information content (AvgIpc) is 4.02. The fourth-order valence-corrected chi connectivity index (χ4v) is 18.1. The molecule has 0 fully saturated rings. The molecule has 7 rings (SSSR count). The smallest absolute Gasteiger partial charge is 0.408 e. The first-order valence-electron chi connectivity index (χ1n) is 21.1. The Morgan fingerprint density at radius 1 is 0.406 bits per heavy atom. The third kappa shape index (κ3) is 10.3. The van der Waals surface area contributed by atoms with Gasteiger partial charge in [-0.25, -0.2) is 9.59 Å². The summed E-state index contributed by atoms with van der Waals surface area (Å²) < 4.78 is 11.5. The predicted molar refractivity (Wildman–Crippen MR) is 280 cm³/mol. The number of hydrogen-bond donors (Lipinski definition) is 2. The molecule has 7 aliphatic heterocycles. The van der Waals surface area contributed by atoms with E-state index < -0.39 is 67.7 Å². The summed E-state index contributed by atoms with van der Waals surface area (Å²) in [5, 5.41) is 10.7. The van der Waals surface area contributed by atoms with Crippen molar-refractivity contribution in [3.63, 3.8) is 0 Å². The second kappa shape index (κ2) is 17.3. The number of hydrogen-bond acceptors (Lipinski definition) is 20. The Morgan fingerprint density at radius 3 is 0.922 bits per heavy atom. The molecular formula is C42H60N8O6S8. The quantitative estimate of drug-likeness (QED) is 0.251. The van der Waals surface area contributed by atoms with Crippen LogP contribution in [0, 0.1) is 0 Å². The van der Waals surface area contributed by atoms with E-state index in [-0.39, 0.29) is 21.7 Å². The van der Waals surface area contributed by atoms with Gasteiger partial charge in [0.1, 0.15) is 44.4 Å². The summed E-state index contributed by atoms with van der Waals surface area (Å²) in [6, 6.07) is 0. The number of alkyl carbamates (subject to hydrolysis) is 2. The minimum absolute atomic E-state index is 0.103. The molecule has 0 spiro atoms. The first-order valence-corrected chi connectivity index (χ1v) is 29.0. The van der Waals surface area contributed by atoms with Crippen LogP contribution >= 0.6 is 94.1 Å². The van der Waals surface area contributed by atoms with E-state index in [0.717, 1.165) is 43.7 Å². The number of carbonyl (C=O) groups excluding carboxylic acids is 4. The van der Waals surface area contributed by atoms with Crippen molar-refractivity contribution in [3.05, 3.63) is 0 Å². The number of ether oxygens (including phenoxy) is 2. The lowest BCUT2D eigenvalue weighted by Gasteiger charge is -2.32. The molecule has 0 aromatic heterocycles. The summed E-state index contributed by atoms with van der Waals surface area (Å²) in [6.07, 6.45) is -1.19. The molecule has 2 amide bonds. The standard InChI is InChI=1S/C42H60N8O6S8/c1-33(2,3)55-31(53)49-39(11)19-63-29(51)41(13)21-61-25(47-41)38(10)18-58-24(44-38)36(8)16-60-28(46-36)40(12,50-32(54)56-34(4,5)6)20-64-30(52)42(14)22-62-26(48-42)37(9)17-57-23(43-37)35(7)15-59-27(39)45-35/h15-22H2,1-14H3,(H,49,53)(H,50,54)/t35-,36-,37-,38-,39-,40-,41-,42-/m0/s1. The Morgan fingerprint density at radius 2 is 0.641 bits per heavy atom. The van der Waals surface area contributed by atoms with Crippen LogP contribution in [0.15, 0.2) is 30.0 Å². The summed E-state index contributed by atoms with van der Waals surface area (Å²) in [5.41, 5.74) is -8.38. The van der Waals surface area contributed by atoms with Crippen LogP contribution in [0.4, 0.5) is 9.59 Å². The Labute approximate surface area is 411 Å². The van der Waals surface area contributed by atoms with Crippen LogP contribution in [0.3, 0.4) is 0 Å². The van der Waals surface area contributed by atoms with E-state index in [4.69, 9.17) is 39.4 Å². The average molecular weight is 1030 g/mol. The third-order valence-electron chi connectivity index (χ3n) is 11.2. The highest BCUT2D eigenvalue weighted by Gasteiger charge is 2.54. The maximum atomic E-state index is 14.3. The first-order chi connectivity index (χ1) is 29.3. The van der Waals surface area contributed by atoms with Gasteiger partial charge < -0.3 is 20.1 Å². The van der Waals surface area contributed by atoms with E-state index >= 15 is 0 Å². The van der Waals surface area contributed by atoms with Crippen molar-refractivity contribution in [1.82, 2.24) is 10.6 Å². The second-order valence-corrected chi connectivity index (χ2v) is 28.6. The van der Waals surface area contributed by atoms with E-state index in [9.17, 15) is 19.2 Å². The lowest BCUT2D eigenvalue weighted by molar-refractivity contribution is -0.114. The minimum atomic E-state index is -1.05. The lowest BCUT2D eigenvalue weighted by atomic mass is 10.0.